The van der Waals surface area contributed by atoms with E-state index in [0.717, 1.165) is 42.9 Å². The van der Waals surface area contributed by atoms with E-state index in [4.69, 9.17) is 4.74 Å². The number of likely N-dealkylation sites (tertiary alicyclic amines) is 1. The van der Waals surface area contributed by atoms with Crippen LogP contribution in [-0.2, 0) is 11.8 Å². The van der Waals surface area contributed by atoms with Gasteiger partial charge in [-0.3, -0.25) is 0 Å². The third-order valence-electron chi connectivity index (χ3n) is 4.68. The van der Waals surface area contributed by atoms with Gasteiger partial charge in [-0.1, -0.05) is 32.6 Å². The highest BCUT2D eigenvalue weighted by Gasteiger charge is 2.25. The van der Waals surface area contributed by atoms with Crippen LogP contribution in [0.5, 0.6) is 5.75 Å². The van der Waals surface area contributed by atoms with Crippen LogP contribution in [-0.4, -0.2) is 44.7 Å². The van der Waals surface area contributed by atoms with Gasteiger partial charge in [-0.15, -0.1) is 10.2 Å². The van der Waals surface area contributed by atoms with Crippen LogP contribution in [0.2, 0.25) is 0 Å². The number of aromatic nitrogens is 4. The molecule has 1 fully saturated rings. The van der Waals surface area contributed by atoms with E-state index >= 15 is 0 Å². The van der Waals surface area contributed by atoms with Crippen molar-refractivity contribution < 1.29 is 9.13 Å². The second-order valence-electron chi connectivity index (χ2n) is 7.77. The van der Waals surface area contributed by atoms with E-state index in [1.807, 2.05) is 0 Å². The fourth-order valence-electron chi connectivity index (χ4n) is 3.21. The van der Waals surface area contributed by atoms with Crippen LogP contribution in [0.15, 0.2) is 30.5 Å². The second kappa shape index (κ2) is 7.43. The van der Waals surface area contributed by atoms with E-state index in [-0.39, 0.29) is 17.3 Å². The van der Waals surface area contributed by atoms with E-state index in [2.05, 4.69) is 52.9 Å². The number of hydrogen-bond donors (Lipinski definition) is 1. The summed E-state index contributed by atoms with van der Waals surface area (Å²) in [5.74, 6) is 1.20. The molecule has 0 unspecified atom stereocenters. The quantitative estimate of drug-likeness (QED) is 0.888. The first kappa shape index (κ1) is 18.4. The fourth-order valence-corrected chi connectivity index (χ4v) is 3.21. The average Bonchev–Trinajstić information content (AvgIpc) is 3.09. The molecule has 0 saturated carbocycles. The van der Waals surface area contributed by atoms with Crippen LogP contribution in [0.1, 0.15) is 45.0 Å². The van der Waals surface area contributed by atoms with E-state index in [9.17, 15) is 4.39 Å². The summed E-state index contributed by atoms with van der Waals surface area (Å²) in [4.78, 5) is 2.24. The Bertz CT molecular complexity index is 746. The lowest BCUT2D eigenvalue weighted by Gasteiger charge is -2.35. The zero-order chi connectivity index (χ0) is 18.7. The van der Waals surface area contributed by atoms with Crippen molar-refractivity contribution in [1.82, 2.24) is 25.5 Å². The summed E-state index contributed by atoms with van der Waals surface area (Å²) in [5.41, 5.74) is 1.72. The molecule has 1 aliphatic rings. The molecule has 0 bridgehead atoms. The first-order valence-corrected chi connectivity index (χ1v) is 8.94. The summed E-state index contributed by atoms with van der Waals surface area (Å²) in [6.45, 7) is 12.1. The molecule has 7 heteroatoms. The van der Waals surface area contributed by atoms with Gasteiger partial charge >= 0.3 is 0 Å². The number of nitrogens with zero attached hydrogens (tertiary/aromatic N) is 4. The predicted octanol–water partition coefficient (Wildman–Crippen LogP) is 3.24. The van der Waals surface area contributed by atoms with E-state index in [1.165, 1.54) is 6.07 Å². The third kappa shape index (κ3) is 4.39. The summed E-state index contributed by atoms with van der Waals surface area (Å²) < 4.78 is 19.9. The average molecular weight is 359 g/mol. The maximum Gasteiger partial charge on any atom is 0.180 e. The molecule has 2 heterocycles. The molecule has 3 rings (SSSR count). The highest BCUT2D eigenvalue weighted by Crippen LogP contribution is 2.33. The van der Waals surface area contributed by atoms with E-state index in [0.29, 0.717) is 12.2 Å². The Kier molecular flexibility index (Phi) is 5.25. The molecule has 26 heavy (non-hydrogen) atoms. The molecule has 1 aromatic carbocycles. The lowest BCUT2D eigenvalue weighted by atomic mass is 9.86. The molecule has 6 nitrogen and oxygen atoms in total. The normalized spacial score (nSPS) is 15.9. The molecule has 1 saturated heterocycles. The molecule has 0 radical (unpaired) electrons. The van der Waals surface area contributed by atoms with Gasteiger partial charge in [0.1, 0.15) is 17.7 Å². The van der Waals surface area contributed by atoms with Crippen LogP contribution >= 0.6 is 0 Å². The molecule has 140 valence electrons. The van der Waals surface area contributed by atoms with Gasteiger partial charge in [0.05, 0.1) is 6.42 Å². The lowest BCUT2D eigenvalue weighted by molar-refractivity contribution is 0.114. The Morgan fingerprint density at radius 2 is 2.08 bits per heavy atom. The molecule has 1 aromatic heterocycles. The Morgan fingerprint density at radius 1 is 1.35 bits per heavy atom. The van der Waals surface area contributed by atoms with Crippen LogP contribution in [0.25, 0.3) is 0 Å². The number of piperidine rings is 1. The molecular formula is C19H26FN5O. The minimum absolute atomic E-state index is 0.121. The van der Waals surface area contributed by atoms with Gasteiger partial charge in [-0.25, -0.2) is 4.39 Å². The Hall–Kier alpha value is -2.44. The van der Waals surface area contributed by atoms with Crippen molar-refractivity contribution in [2.75, 3.05) is 13.1 Å². The van der Waals surface area contributed by atoms with Crippen LogP contribution in [0.3, 0.4) is 0 Å². The molecule has 0 spiro atoms. The molecule has 0 atom stereocenters. The SMILES string of the molecule is C=C(Cc1nn[nH]n1)N1CCC(Oc2ccc(F)cc2C(C)(C)C)CC1. The molecule has 2 aromatic rings. The monoisotopic (exact) mass is 359 g/mol. The van der Waals surface area contributed by atoms with Gasteiger partial charge in [0.15, 0.2) is 5.82 Å². The number of tetrazole rings is 1. The topological polar surface area (TPSA) is 66.9 Å². The van der Waals surface area contributed by atoms with Crippen molar-refractivity contribution >= 4 is 0 Å². The number of hydrogen-bond acceptors (Lipinski definition) is 5. The van der Waals surface area contributed by atoms with Crippen molar-refractivity contribution in [2.45, 2.75) is 51.6 Å². The van der Waals surface area contributed by atoms with E-state index in [1.54, 1.807) is 12.1 Å². The number of ether oxygens (including phenoxy) is 1. The number of nitrogens with one attached hydrogen (secondary N) is 1. The lowest BCUT2D eigenvalue weighted by Crippen LogP contribution is -2.38. The van der Waals surface area contributed by atoms with Gasteiger partial charge < -0.3 is 9.64 Å². The van der Waals surface area contributed by atoms with E-state index < -0.39 is 0 Å². The maximum atomic E-state index is 13.7. The number of halogens is 1. The first-order chi connectivity index (χ1) is 12.3. The van der Waals surface area contributed by atoms with Crippen molar-refractivity contribution in [3.05, 3.63) is 47.7 Å². The molecule has 0 aliphatic carbocycles. The highest BCUT2D eigenvalue weighted by atomic mass is 19.1. The van der Waals surface area contributed by atoms with Crippen molar-refractivity contribution in [3.63, 3.8) is 0 Å². The predicted molar refractivity (Wildman–Crippen MR) is 97.3 cm³/mol. The van der Waals surface area contributed by atoms with Crippen LogP contribution < -0.4 is 4.74 Å². The van der Waals surface area contributed by atoms with Gasteiger partial charge in [-0.2, -0.15) is 5.21 Å². The zero-order valence-corrected chi connectivity index (χ0v) is 15.6. The molecule has 1 aliphatic heterocycles. The molecule has 0 amide bonds. The summed E-state index contributed by atoms with van der Waals surface area (Å²) in [7, 11) is 0. The largest absolute Gasteiger partial charge is 0.490 e. The zero-order valence-electron chi connectivity index (χ0n) is 15.6. The standard InChI is InChI=1S/C19H26FN5O/c1-13(11-18-21-23-24-22-18)25-9-7-15(8-10-25)26-17-6-5-14(20)12-16(17)19(2,3)4/h5-6,12,15H,1,7-11H2,2-4H3,(H,21,22,23,24). The number of benzene rings is 1. The fraction of sp³-hybridized carbons (Fsp3) is 0.526. The van der Waals surface area contributed by atoms with Gasteiger partial charge in [0.2, 0.25) is 0 Å². The van der Waals surface area contributed by atoms with Gasteiger partial charge in [0, 0.05) is 37.2 Å². The molecule has 1 N–H and O–H groups in total. The third-order valence-corrected chi connectivity index (χ3v) is 4.68. The minimum atomic E-state index is -0.227. The summed E-state index contributed by atoms with van der Waals surface area (Å²) >= 11 is 0. The highest BCUT2D eigenvalue weighted by molar-refractivity contribution is 5.39. The Balaban J connectivity index is 1.58. The summed E-state index contributed by atoms with van der Waals surface area (Å²) in [6, 6.07) is 4.79. The Morgan fingerprint density at radius 3 is 2.69 bits per heavy atom. The smallest absolute Gasteiger partial charge is 0.180 e. The first-order valence-electron chi connectivity index (χ1n) is 8.94. The van der Waals surface area contributed by atoms with Crippen molar-refractivity contribution in [3.8, 4) is 5.75 Å². The van der Waals surface area contributed by atoms with Crippen LogP contribution in [0, 0.1) is 5.82 Å². The summed E-state index contributed by atoms with van der Waals surface area (Å²) in [5, 5.41) is 14.0. The number of H-pyrrole nitrogens is 1. The maximum absolute atomic E-state index is 13.7. The second-order valence-corrected chi connectivity index (χ2v) is 7.77. The van der Waals surface area contributed by atoms with Crippen molar-refractivity contribution in [1.29, 1.82) is 0 Å². The Labute approximate surface area is 153 Å². The number of aromatic amines is 1. The molecular weight excluding hydrogens is 333 g/mol. The van der Waals surface area contributed by atoms with Crippen molar-refractivity contribution in [2.24, 2.45) is 0 Å². The number of rotatable bonds is 5. The summed E-state index contributed by atoms with van der Waals surface area (Å²) in [6.07, 6.45) is 2.50. The van der Waals surface area contributed by atoms with Gasteiger partial charge in [0.25, 0.3) is 0 Å². The minimum Gasteiger partial charge on any atom is -0.490 e. The number of allylic oxidation sites excluding steroid dienone is 1. The van der Waals surface area contributed by atoms with Crippen LogP contribution in [0.4, 0.5) is 4.39 Å². The van der Waals surface area contributed by atoms with Gasteiger partial charge in [-0.05, 0) is 23.6 Å².